The van der Waals surface area contributed by atoms with Crippen LogP contribution in [-0.4, -0.2) is 54.0 Å². The van der Waals surface area contributed by atoms with Crippen LogP contribution >= 0.6 is 0 Å². The number of likely N-dealkylation sites (tertiary alicyclic amines) is 1. The van der Waals surface area contributed by atoms with Gasteiger partial charge in [-0.2, -0.15) is 0 Å². The van der Waals surface area contributed by atoms with Gasteiger partial charge in [0, 0.05) is 32.0 Å². The number of carbonyl (C=O) groups is 2. The van der Waals surface area contributed by atoms with Crippen molar-refractivity contribution in [1.82, 2.24) is 15.2 Å². The molecule has 2 amide bonds. The van der Waals surface area contributed by atoms with E-state index in [1.807, 2.05) is 23.1 Å². The number of benzene rings is 1. The average Bonchev–Trinajstić information content (AvgIpc) is 2.77. The molecule has 2 aromatic rings. The minimum atomic E-state index is -0.637. The number of amides is 2. The maximum atomic E-state index is 12.5. The van der Waals surface area contributed by atoms with Gasteiger partial charge in [-0.15, -0.1) is 0 Å². The zero-order chi connectivity index (χ0) is 19.3. The Balaban J connectivity index is 1.22. The van der Waals surface area contributed by atoms with Crippen molar-refractivity contribution >= 4 is 11.8 Å². The number of nitrogens with zero attached hydrogens (tertiary/aromatic N) is 2. The largest absolute Gasteiger partial charge is 0.485 e. The lowest BCUT2D eigenvalue weighted by Gasteiger charge is -2.32. The van der Waals surface area contributed by atoms with E-state index in [2.05, 4.69) is 10.3 Å². The summed E-state index contributed by atoms with van der Waals surface area (Å²) in [5.41, 5.74) is 0.615. The summed E-state index contributed by atoms with van der Waals surface area (Å²) in [4.78, 5) is 30.7. The van der Waals surface area contributed by atoms with Gasteiger partial charge >= 0.3 is 0 Å². The number of carbonyl (C=O) groups excluding carboxylic acids is 2. The maximum absolute atomic E-state index is 12.5. The average molecular weight is 381 g/mol. The summed E-state index contributed by atoms with van der Waals surface area (Å²) in [6.07, 6.45) is 4.33. The lowest BCUT2D eigenvalue weighted by atomic mass is 9.96. The predicted octanol–water partition coefficient (Wildman–Crippen LogP) is 1.89. The van der Waals surface area contributed by atoms with Gasteiger partial charge in [0.05, 0.1) is 5.56 Å². The Morgan fingerprint density at radius 2 is 1.89 bits per heavy atom. The van der Waals surface area contributed by atoms with Crippen LogP contribution in [0.1, 0.15) is 23.2 Å². The first-order chi connectivity index (χ1) is 13.7. The second kappa shape index (κ2) is 8.29. The summed E-state index contributed by atoms with van der Waals surface area (Å²) in [5.74, 6) is 1.46. The highest BCUT2D eigenvalue weighted by Gasteiger charge is 2.29. The van der Waals surface area contributed by atoms with Crippen molar-refractivity contribution in [2.45, 2.75) is 18.9 Å². The molecular weight excluding hydrogens is 358 g/mol. The van der Waals surface area contributed by atoms with Crippen LogP contribution in [0.25, 0.3) is 0 Å². The molecule has 1 fully saturated rings. The number of aromatic nitrogens is 1. The van der Waals surface area contributed by atoms with Crippen LogP contribution in [0, 0.1) is 5.92 Å². The van der Waals surface area contributed by atoms with E-state index in [1.54, 1.807) is 30.6 Å². The summed E-state index contributed by atoms with van der Waals surface area (Å²) >= 11 is 0. The standard InChI is InChI=1S/C21H23N3O4/c25-20(19-14-27-17-5-1-2-6-18(17)28-19)23-12-15-7-10-24(11-8-15)21(26)16-4-3-9-22-13-16/h1-6,9,13,15,19H,7-8,10-12,14H2,(H,23,25)/t19-/m0/s1. The molecule has 1 saturated heterocycles. The minimum Gasteiger partial charge on any atom is -0.485 e. The molecule has 7 heteroatoms. The van der Waals surface area contributed by atoms with Gasteiger partial charge in [0.25, 0.3) is 11.8 Å². The second-order valence-electron chi connectivity index (χ2n) is 7.09. The molecule has 0 bridgehead atoms. The third-order valence-corrected chi connectivity index (χ3v) is 5.18. The number of pyridine rings is 1. The van der Waals surface area contributed by atoms with E-state index < -0.39 is 6.10 Å². The lowest BCUT2D eigenvalue weighted by Crippen LogP contribution is -2.47. The first-order valence-electron chi connectivity index (χ1n) is 9.56. The molecule has 0 saturated carbocycles. The van der Waals surface area contributed by atoms with Gasteiger partial charge < -0.3 is 19.7 Å². The highest BCUT2D eigenvalue weighted by atomic mass is 16.6. The molecule has 1 atom stereocenters. The zero-order valence-electron chi connectivity index (χ0n) is 15.5. The molecule has 1 aromatic carbocycles. The third kappa shape index (κ3) is 4.08. The number of fused-ring (bicyclic) bond motifs is 1. The van der Waals surface area contributed by atoms with Crippen LogP contribution in [0.2, 0.25) is 0 Å². The van der Waals surface area contributed by atoms with E-state index in [0.29, 0.717) is 42.6 Å². The molecule has 1 N–H and O–H groups in total. The number of nitrogens with one attached hydrogen (secondary N) is 1. The van der Waals surface area contributed by atoms with Crippen LogP contribution in [0.5, 0.6) is 11.5 Å². The topological polar surface area (TPSA) is 80.8 Å². The van der Waals surface area contributed by atoms with Gasteiger partial charge in [0.1, 0.15) is 6.61 Å². The second-order valence-corrected chi connectivity index (χ2v) is 7.09. The molecule has 0 unspecified atom stereocenters. The van der Waals surface area contributed by atoms with Gasteiger partial charge in [0.15, 0.2) is 11.5 Å². The van der Waals surface area contributed by atoms with Gasteiger partial charge in [-0.25, -0.2) is 0 Å². The molecule has 0 aliphatic carbocycles. The Morgan fingerprint density at radius 1 is 1.11 bits per heavy atom. The Morgan fingerprint density at radius 3 is 2.64 bits per heavy atom. The first kappa shape index (κ1) is 18.3. The summed E-state index contributed by atoms with van der Waals surface area (Å²) in [6.45, 7) is 2.16. The van der Waals surface area contributed by atoms with Gasteiger partial charge in [-0.1, -0.05) is 12.1 Å². The number of piperidine rings is 1. The lowest BCUT2D eigenvalue weighted by molar-refractivity contribution is -0.130. The van der Waals surface area contributed by atoms with E-state index in [1.165, 1.54) is 0 Å². The van der Waals surface area contributed by atoms with E-state index >= 15 is 0 Å². The molecule has 146 valence electrons. The Hall–Kier alpha value is -3.09. The van der Waals surface area contributed by atoms with Gasteiger partial charge in [-0.3, -0.25) is 14.6 Å². The summed E-state index contributed by atoms with van der Waals surface area (Å²) in [6, 6.07) is 10.9. The van der Waals surface area contributed by atoms with E-state index in [0.717, 1.165) is 12.8 Å². The molecule has 28 heavy (non-hydrogen) atoms. The fraction of sp³-hybridized carbons (Fsp3) is 0.381. The highest BCUT2D eigenvalue weighted by molar-refractivity contribution is 5.93. The molecule has 4 rings (SSSR count). The molecule has 3 heterocycles. The molecule has 2 aliphatic rings. The van der Waals surface area contributed by atoms with Gasteiger partial charge in [0.2, 0.25) is 6.10 Å². The number of para-hydroxylation sites is 2. The van der Waals surface area contributed by atoms with Crippen molar-refractivity contribution < 1.29 is 19.1 Å². The predicted molar refractivity (Wildman–Crippen MR) is 102 cm³/mol. The van der Waals surface area contributed by atoms with Crippen LogP contribution in [0.3, 0.4) is 0 Å². The summed E-state index contributed by atoms with van der Waals surface area (Å²) < 4.78 is 11.3. The molecule has 0 radical (unpaired) electrons. The normalized spacial score (nSPS) is 19.1. The zero-order valence-corrected chi connectivity index (χ0v) is 15.5. The van der Waals surface area contributed by atoms with Crippen LogP contribution in [0.4, 0.5) is 0 Å². The Kier molecular flexibility index (Phi) is 5.41. The molecular formula is C21H23N3O4. The fourth-order valence-corrected chi connectivity index (χ4v) is 3.52. The van der Waals surface area contributed by atoms with E-state index in [-0.39, 0.29) is 18.4 Å². The first-order valence-corrected chi connectivity index (χ1v) is 9.56. The Labute approximate surface area is 163 Å². The van der Waals surface area contributed by atoms with Crippen molar-refractivity contribution in [3.8, 4) is 11.5 Å². The highest BCUT2D eigenvalue weighted by Crippen LogP contribution is 2.30. The Bertz CT molecular complexity index is 835. The van der Waals surface area contributed by atoms with E-state index in [4.69, 9.17) is 9.47 Å². The number of ether oxygens (including phenoxy) is 2. The smallest absolute Gasteiger partial charge is 0.264 e. The van der Waals surface area contributed by atoms with Gasteiger partial charge in [-0.05, 0) is 43.0 Å². The quantitative estimate of drug-likeness (QED) is 0.875. The maximum Gasteiger partial charge on any atom is 0.264 e. The minimum absolute atomic E-state index is 0.0157. The monoisotopic (exact) mass is 381 g/mol. The molecule has 0 spiro atoms. The van der Waals surface area contributed by atoms with Crippen molar-refractivity contribution in [3.63, 3.8) is 0 Å². The number of hydrogen-bond donors (Lipinski definition) is 1. The molecule has 7 nitrogen and oxygen atoms in total. The fourth-order valence-electron chi connectivity index (χ4n) is 3.52. The molecule has 2 aliphatic heterocycles. The van der Waals surface area contributed by atoms with Crippen LogP contribution in [0.15, 0.2) is 48.8 Å². The summed E-state index contributed by atoms with van der Waals surface area (Å²) in [5, 5.41) is 2.97. The van der Waals surface area contributed by atoms with Crippen molar-refractivity contribution in [2.24, 2.45) is 5.92 Å². The molecule has 1 aromatic heterocycles. The van der Waals surface area contributed by atoms with Crippen molar-refractivity contribution in [1.29, 1.82) is 0 Å². The van der Waals surface area contributed by atoms with Crippen LogP contribution in [-0.2, 0) is 4.79 Å². The third-order valence-electron chi connectivity index (χ3n) is 5.18. The van der Waals surface area contributed by atoms with E-state index in [9.17, 15) is 9.59 Å². The van der Waals surface area contributed by atoms with Crippen molar-refractivity contribution in [3.05, 3.63) is 54.4 Å². The van der Waals surface area contributed by atoms with Crippen LogP contribution < -0.4 is 14.8 Å². The summed E-state index contributed by atoms with van der Waals surface area (Å²) in [7, 11) is 0. The number of rotatable bonds is 4. The SMILES string of the molecule is O=C(NCC1CCN(C(=O)c2cccnc2)CC1)[C@@H]1COc2ccccc2O1. The van der Waals surface area contributed by atoms with Crippen molar-refractivity contribution in [2.75, 3.05) is 26.2 Å². The number of hydrogen-bond acceptors (Lipinski definition) is 5.